The van der Waals surface area contributed by atoms with E-state index in [0.29, 0.717) is 16.5 Å². The van der Waals surface area contributed by atoms with Gasteiger partial charge in [-0.3, -0.25) is 4.79 Å². The molecule has 1 aliphatic heterocycles. The maximum Gasteiger partial charge on any atom is 0.251 e. The molecule has 1 saturated heterocycles. The molecule has 2 N–H and O–H groups in total. The van der Waals surface area contributed by atoms with Gasteiger partial charge in [-0.2, -0.15) is 0 Å². The predicted molar refractivity (Wildman–Crippen MR) is 86.0 cm³/mol. The lowest BCUT2D eigenvalue weighted by molar-refractivity contribution is 0.0950. The van der Waals surface area contributed by atoms with E-state index in [4.69, 9.17) is 11.6 Å². The molecule has 3 nitrogen and oxygen atoms in total. The minimum absolute atomic E-state index is 0. The molecule has 20 heavy (non-hydrogen) atoms. The van der Waals surface area contributed by atoms with Crippen molar-refractivity contribution in [3.63, 3.8) is 0 Å². The van der Waals surface area contributed by atoms with E-state index in [9.17, 15) is 4.79 Å². The van der Waals surface area contributed by atoms with Gasteiger partial charge in [0.2, 0.25) is 0 Å². The molecule has 1 aromatic carbocycles. The molecule has 1 aliphatic rings. The molecule has 5 heteroatoms. The highest BCUT2D eigenvalue weighted by molar-refractivity contribution is 6.31. The Labute approximate surface area is 131 Å². The highest BCUT2D eigenvalue weighted by Crippen LogP contribution is 2.15. The number of halogens is 2. The fraction of sp³-hybridized carbons (Fsp3) is 0.533. The lowest BCUT2D eigenvalue weighted by atomic mass is 9.96. The Morgan fingerprint density at radius 1 is 1.45 bits per heavy atom. The first-order chi connectivity index (χ1) is 9.15. The first-order valence-electron chi connectivity index (χ1n) is 6.91. The molecule has 2 rings (SSSR count). The topological polar surface area (TPSA) is 41.1 Å². The minimum Gasteiger partial charge on any atom is -0.352 e. The molecular formula is C15H22Cl2N2O. The van der Waals surface area contributed by atoms with E-state index >= 15 is 0 Å². The Balaban J connectivity index is 0.00000200. The van der Waals surface area contributed by atoms with Gasteiger partial charge in [-0.05, 0) is 69.0 Å². The van der Waals surface area contributed by atoms with E-state index in [1.807, 2.05) is 19.1 Å². The van der Waals surface area contributed by atoms with E-state index in [-0.39, 0.29) is 18.3 Å². The lowest BCUT2D eigenvalue weighted by Gasteiger charge is -2.22. The smallest absolute Gasteiger partial charge is 0.251 e. The van der Waals surface area contributed by atoms with E-state index in [2.05, 4.69) is 10.6 Å². The molecule has 0 radical (unpaired) electrons. The normalized spacial score (nSPS) is 18.2. The van der Waals surface area contributed by atoms with Gasteiger partial charge in [-0.1, -0.05) is 11.6 Å². The fourth-order valence-electron chi connectivity index (χ4n) is 2.53. The predicted octanol–water partition coefficient (Wildman–Crippen LogP) is 3.19. The highest BCUT2D eigenvalue weighted by Gasteiger charge is 2.13. The molecule has 0 aliphatic carbocycles. The molecule has 0 saturated carbocycles. The number of piperidine rings is 1. The molecule has 1 fully saturated rings. The van der Waals surface area contributed by atoms with Crippen LogP contribution in [0.5, 0.6) is 0 Å². The second-order valence-electron chi connectivity index (χ2n) is 5.27. The average Bonchev–Trinajstić information content (AvgIpc) is 2.38. The van der Waals surface area contributed by atoms with Crippen LogP contribution in [-0.4, -0.2) is 25.5 Å². The van der Waals surface area contributed by atoms with Gasteiger partial charge >= 0.3 is 0 Å². The van der Waals surface area contributed by atoms with Crippen LogP contribution in [0, 0.1) is 12.8 Å². The summed E-state index contributed by atoms with van der Waals surface area (Å²) in [5, 5.41) is 6.98. The van der Waals surface area contributed by atoms with E-state index < -0.39 is 0 Å². The molecule has 1 atom stereocenters. The van der Waals surface area contributed by atoms with Crippen LogP contribution in [0.2, 0.25) is 5.02 Å². The maximum atomic E-state index is 12.0. The van der Waals surface area contributed by atoms with Gasteiger partial charge in [0.1, 0.15) is 0 Å². The Morgan fingerprint density at radius 2 is 2.25 bits per heavy atom. The van der Waals surface area contributed by atoms with Crippen molar-refractivity contribution >= 4 is 29.9 Å². The highest BCUT2D eigenvalue weighted by atomic mass is 35.5. The fourth-order valence-corrected chi connectivity index (χ4v) is 2.82. The minimum atomic E-state index is -0.0330. The van der Waals surface area contributed by atoms with Crippen molar-refractivity contribution in [1.82, 2.24) is 10.6 Å². The largest absolute Gasteiger partial charge is 0.352 e. The number of rotatable bonds is 4. The van der Waals surface area contributed by atoms with Gasteiger partial charge in [0.25, 0.3) is 5.91 Å². The van der Waals surface area contributed by atoms with Crippen molar-refractivity contribution in [2.24, 2.45) is 5.92 Å². The van der Waals surface area contributed by atoms with Crippen LogP contribution < -0.4 is 10.6 Å². The SMILES string of the molecule is Cc1cc(Cl)cc(C(=O)NCCC2CCCNC2)c1.Cl. The first-order valence-corrected chi connectivity index (χ1v) is 7.29. The Bertz CT molecular complexity index is 425. The quantitative estimate of drug-likeness (QED) is 0.895. The van der Waals surface area contributed by atoms with Gasteiger partial charge in [0.15, 0.2) is 0 Å². The van der Waals surface area contributed by atoms with Crippen LogP contribution in [0.15, 0.2) is 18.2 Å². The van der Waals surface area contributed by atoms with Crippen molar-refractivity contribution in [2.45, 2.75) is 26.2 Å². The van der Waals surface area contributed by atoms with Crippen LogP contribution in [0.3, 0.4) is 0 Å². The van der Waals surface area contributed by atoms with Crippen LogP contribution in [0.1, 0.15) is 35.2 Å². The number of hydrogen-bond donors (Lipinski definition) is 2. The molecule has 1 aromatic rings. The van der Waals surface area contributed by atoms with Gasteiger partial charge in [-0.15, -0.1) is 12.4 Å². The Kier molecular flexibility index (Phi) is 7.35. The van der Waals surface area contributed by atoms with Crippen LogP contribution in [-0.2, 0) is 0 Å². The van der Waals surface area contributed by atoms with E-state index in [1.54, 1.807) is 6.07 Å². The van der Waals surface area contributed by atoms with Crippen LogP contribution >= 0.6 is 24.0 Å². The number of benzene rings is 1. The molecule has 0 aromatic heterocycles. The molecular weight excluding hydrogens is 295 g/mol. The lowest BCUT2D eigenvalue weighted by Crippen LogP contribution is -2.33. The standard InChI is InChI=1S/C15H21ClN2O.ClH/c1-11-7-13(9-14(16)8-11)15(19)18-6-4-12-3-2-5-17-10-12;/h7-9,12,17H,2-6,10H2,1H3,(H,18,19);1H. The summed E-state index contributed by atoms with van der Waals surface area (Å²) in [6.45, 7) is 4.88. The second-order valence-corrected chi connectivity index (χ2v) is 5.71. The van der Waals surface area contributed by atoms with E-state index in [1.165, 1.54) is 12.8 Å². The summed E-state index contributed by atoms with van der Waals surface area (Å²) in [5.74, 6) is 0.657. The molecule has 0 spiro atoms. The van der Waals surface area contributed by atoms with Crippen molar-refractivity contribution < 1.29 is 4.79 Å². The van der Waals surface area contributed by atoms with Crippen molar-refractivity contribution in [3.8, 4) is 0 Å². The third-order valence-electron chi connectivity index (χ3n) is 3.54. The molecule has 0 bridgehead atoms. The number of carbonyl (C=O) groups is 1. The van der Waals surface area contributed by atoms with Crippen LogP contribution in [0.4, 0.5) is 0 Å². The average molecular weight is 317 g/mol. The van der Waals surface area contributed by atoms with Crippen molar-refractivity contribution in [2.75, 3.05) is 19.6 Å². The summed E-state index contributed by atoms with van der Waals surface area (Å²) in [5.41, 5.74) is 1.65. The summed E-state index contributed by atoms with van der Waals surface area (Å²) in [7, 11) is 0. The number of amides is 1. The second kappa shape index (κ2) is 8.50. The van der Waals surface area contributed by atoms with Crippen molar-refractivity contribution in [3.05, 3.63) is 34.3 Å². The van der Waals surface area contributed by atoms with Crippen LogP contribution in [0.25, 0.3) is 0 Å². The zero-order valence-electron chi connectivity index (χ0n) is 11.7. The summed E-state index contributed by atoms with van der Waals surface area (Å²) >= 11 is 5.96. The Morgan fingerprint density at radius 3 is 2.90 bits per heavy atom. The van der Waals surface area contributed by atoms with Gasteiger partial charge < -0.3 is 10.6 Å². The molecule has 112 valence electrons. The van der Waals surface area contributed by atoms with Gasteiger partial charge in [0, 0.05) is 17.1 Å². The summed E-state index contributed by atoms with van der Waals surface area (Å²) in [4.78, 5) is 12.0. The first kappa shape index (κ1) is 17.3. The monoisotopic (exact) mass is 316 g/mol. The molecule has 1 unspecified atom stereocenters. The van der Waals surface area contributed by atoms with Gasteiger partial charge in [0.05, 0.1) is 0 Å². The molecule has 1 amide bonds. The summed E-state index contributed by atoms with van der Waals surface area (Å²) in [6.07, 6.45) is 3.55. The summed E-state index contributed by atoms with van der Waals surface area (Å²) in [6, 6.07) is 5.43. The van der Waals surface area contributed by atoms with Gasteiger partial charge in [-0.25, -0.2) is 0 Å². The third kappa shape index (κ3) is 5.31. The number of carbonyl (C=O) groups excluding carboxylic acids is 1. The zero-order valence-corrected chi connectivity index (χ0v) is 13.3. The van der Waals surface area contributed by atoms with E-state index in [0.717, 1.165) is 31.6 Å². The maximum absolute atomic E-state index is 12.0. The van der Waals surface area contributed by atoms with Crippen molar-refractivity contribution in [1.29, 1.82) is 0 Å². The Hall–Kier alpha value is -0.770. The third-order valence-corrected chi connectivity index (χ3v) is 3.76. The zero-order chi connectivity index (χ0) is 13.7. The molecule has 1 heterocycles. The number of hydrogen-bond acceptors (Lipinski definition) is 2. The number of aryl methyl sites for hydroxylation is 1. The summed E-state index contributed by atoms with van der Waals surface area (Å²) < 4.78 is 0. The number of nitrogens with one attached hydrogen (secondary N) is 2.